The minimum absolute atomic E-state index is 0.0288. The van der Waals surface area contributed by atoms with Crippen molar-refractivity contribution in [3.8, 4) is 5.75 Å². The van der Waals surface area contributed by atoms with Gasteiger partial charge in [0.25, 0.3) is 5.91 Å². The van der Waals surface area contributed by atoms with Crippen LogP contribution in [0.25, 0.3) is 0 Å². The Hall–Kier alpha value is -2.47. The Morgan fingerprint density at radius 2 is 1.77 bits per heavy atom. The summed E-state index contributed by atoms with van der Waals surface area (Å²) >= 11 is 0. The Morgan fingerprint density at radius 3 is 2.46 bits per heavy atom. The number of amides is 1. The molecule has 1 saturated heterocycles. The van der Waals surface area contributed by atoms with Gasteiger partial charge in [-0.1, -0.05) is 30.3 Å². The summed E-state index contributed by atoms with van der Waals surface area (Å²) < 4.78 is 28.8. The third-order valence-electron chi connectivity index (χ3n) is 4.40. The molecule has 1 aliphatic heterocycles. The molecule has 0 saturated carbocycles. The number of hydrogen-bond donors (Lipinski definition) is 1. The van der Waals surface area contributed by atoms with Crippen molar-refractivity contribution in [3.05, 3.63) is 65.2 Å². The molecule has 0 aromatic heterocycles. The summed E-state index contributed by atoms with van der Waals surface area (Å²) in [4.78, 5) is 14.6. The van der Waals surface area contributed by atoms with Gasteiger partial charge in [0.1, 0.15) is 5.75 Å². The van der Waals surface area contributed by atoms with Crippen molar-refractivity contribution in [3.63, 3.8) is 0 Å². The van der Waals surface area contributed by atoms with Gasteiger partial charge in [0.2, 0.25) is 0 Å². The molecule has 138 valence electrons. The van der Waals surface area contributed by atoms with E-state index in [2.05, 4.69) is 27.1 Å². The standard InChI is InChI=1S/C20H22F2N2O2/c21-20(22)26-18-5-3-4-17(12-18)19(25)23-13-15-6-8-16(9-7-15)14-24-10-1-2-11-24/h3-9,12,20H,1-2,10-11,13-14H2,(H,23,25). The first kappa shape index (κ1) is 18.3. The summed E-state index contributed by atoms with van der Waals surface area (Å²) in [6.07, 6.45) is 2.54. The number of benzene rings is 2. The van der Waals surface area contributed by atoms with E-state index in [0.717, 1.165) is 25.2 Å². The summed E-state index contributed by atoms with van der Waals surface area (Å²) in [7, 11) is 0. The van der Waals surface area contributed by atoms with Crippen LogP contribution in [-0.4, -0.2) is 30.5 Å². The SMILES string of the molecule is O=C(NCc1ccc(CN2CCCC2)cc1)c1cccc(OC(F)F)c1. The van der Waals surface area contributed by atoms with E-state index in [1.165, 1.54) is 36.6 Å². The van der Waals surface area contributed by atoms with Crippen molar-refractivity contribution in [2.24, 2.45) is 0 Å². The van der Waals surface area contributed by atoms with Crippen LogP contribution >= 0.6 is 0 Å². The zero-order valence-corrected chi connectivity index (χ0v) is 14.5. The predicted molar refractivity (Wildman–Crippen MR) is 95.2 cm³/mol. The number of halogens is 2. The minimum atomic E-state index is -2.91. The van der Waals surface area contributed by atoms with Crippen LogP contribution in [0.3, 0.4) is 0 Å². The van der Waals surface area contributed by atoms with Crippen molar-refractivity contribution < 1.29 is 18.3 Å². The number of nitrogens with one attached hydrogen (secondary N) is 1. The van der Waals surface area contributed by atoms with Gasteiger partial charge in [0, 0.05) is 18.7 Å². The Kier molecular flexibility index (Phi) is 6.17. The van der Waals surface area contributed by atoms with Crippen LogP contribution in [0, 0.1) is 0 Å². The molecule has 1 aliphatic rings. The number of carbonyl (C=O) groups is 1. The van der Waals surface area contributed by atoms with Gasteiger partial charge < -0.3 is 10.1 Å². The Bertz CT molecular complexity index is 729. The molecule has 4 nitrogen and oxygen atoms in total. The summed E-state index contributed by atoms with van der Waals surface area (Å²) in [5.41, 5.74) is 2.54. The maximum Gasteiger partial charge on any atom is 0.387 e. The highest BCUT2D eigenvalue weighted by Crippen LogP contribution is 2.16. The van der Waals surface area contributed by atoms with E-state index in [1.807, 2.05) is 12.1 Å². The average Bonchev–Trinajstić information content (AvgIpc) is 3.13. The third-order valence-corrected chi connectivity index (χ3v) is 4.40. The largest absolute Gasteiger partial charge is 0.435 e. The van der Waals surface area contributed by atoms with Gasteiger partial charge in [-0.25, -0.2) is 0 Å². The maximum absolute atomic E-state index is 12.3. The number of carbonyl (C=O) groups excluding carboxylic acids is 1. The number of ether oxygens (including phenoxy) is 1. The smallest absolute Gasteiger partial charge is 0.387 e. The second-order valence-corrected chi connectivity index (χ2v) is 6.39. The van der Waals surface area contributed by atoms with Crippen LogP contribution in [0.15, 0.2) is 48.5 Å². The molecule has 0 aliphatic carbocycles. The molecule has 1 amide bonds. The topological polar surface area (TPSA) is 41.6 Å². The van der Waals surface area contributed by atoms with E-state index < -0.39 is 6.61 Å². The zero-order chi connectivity index (χ0) is 18.4. The average molecular weight is 360 g/mol. The highest BCUT2D eigenvalue weighted by molar-refractivity contribution is 5.94. The maximum atomic E-state index is 12.3. The first-order valence-corrected chi connectivity index (χ1v) is 8.73. The highest BCUT2D eigenvalue weighted by atomic mass is 19.3. The van der Waals surface area contributed by atoms with Crippen LogP contribution in [0.2, 0.25) is 0 Å². The van der Waals surface area contributed by atoms with E-state index >= 15 is 0 Å². The molecular formula is C20H22F2N2O2. The molecule has 0 spiro atoms. The molecule has 1 fully saturated rings. The van der Waals surface area contributed by atoms with E-state index in [9.17, 15) is 13.6 Å². The van der Waals surface area contributed by atoms with E-state index in [0.29, 0.717) is 6.54 Å². The van der Waals surface area contributed by atoms with Gasteiger partial charge in [-0.05, 0) is 55.3 Å². The van der Waals surface area contributed by atoms with Gasteiger partial charge in [0.05, 0.1) is 0 Å². The molecule has 0 bridgehead atoms. The van der Waals surface area contributed by atoms with Crippen LogP contribution < -0.4 is 10.1 Å². The lowest BCUT2D eigenvalue weighted by Crippen LogP contribution is -2.23. The molecule has 26 heavy (non-hydrogen) atoms. The van der Waals surface area contributed by atoms with E-state index in [4.69, 9.17) is 0 Å². The monoisotopic (exact) mass is 360 g/mol. The number of rotatable bonds is 7. The lowest BCUT2D eigenvalue weighted by molar-refractivity contribution is -0.0498. The van der Waals surface area contributed by atoms with Crippen LogP contribution in [-0.2, 0) is 13.1 Å². The van der Waals surface area contributed by atoms with Crippen LogP contribution in [0.4, 0.5) is 8.78 Å². The fourth-order valence-electron chi connectivity index (χ4n) is 3.06. The molecule has 3 rings (SSSR count). The summed E-state index contributed by atoms with van der Waals surface area (Å²) in [5, 5.41) is 2.80. The van der Waals surface area contributed by atoms with Crippen molar-refractivity contribution in [1.29, 1.82) is 0 Å². The van der Waals surface area contributed by atoms with Crippen LogP contribution in [0.5, 0.6) is 5.75 Å². The fraction of sp³-hybridized carbons (Fsp3) is 0.350. The van der Waals surface area contributed by atoms with E-state index in [1.54, 1.807) is 6.07 Å². The second kappa shape index (κ2) is 8.76. The van der Waals surface area contributed by atoms with Crippen molar-refractivity contribution >= 4 is 5.91 Å². The van der Waals surface area contributed by atoms with E-state index in [-0.39, 0.29) is 17.2 Å². The van der Waals surface area contributed by atoms with Crippen LogP contribution in [0.1, 0.15) is 34.3 Å². The normalized spacial score (nSPS) is 14.6. The molecule has 1 N–H and O–H groups in total. The summed E-state index contributed by atoms with van der Waals surface area (Å²) in [6, 6.07) is 13.9. The number of likely N-dealkylation sites (tertiary alicyclic amines) is 1. The molecule has 1 heterocycles. The molecule has 0 radical (unpaired) electrons. The Morgan fingerprint density at radius 1 is 1.08 bits per heavy atom. The molecule has 6 heteroatoms. The predicted octanol–water partition coefficient (Wildman–Crippen LogP) is 3.81. The highest BCUT2D eigenvalue weighted by Gasteiger charge is 2.12. The Balaban J connectivity index is 1.52. The number of nitrogens with zero attached hydrogens (tertiary/aromatic N) is 1. The summed E-state index contributed by atoms with van der Waals surface area (Å²) in [5.74, 6) is -0.357. The zero-order valence-electron chi connectivity index (χ0n) is 14.5. The third kappa shape index (κ3) is 5.26. The molecule has 0 unspecified atom stereocenters. The van der Waals surface area contributed by atoms with Crippen molar-refractivity contribution in [2.75, 3.05) is 13.1 Å². The first-order valence-electron chi connectivity index (χ1n) is 8.73. The first-order chi connectivity index (χ1) is 12.6. The fourth-order valence-corrected chi connectivity index (χ4v) is 3.06. The van der Waals surface area contributed by atoms with Crippen molar-refractivity contribution in [2.45, 2.75) is 32.5 Å². The van der Waals surface area contributed by atoms with Gasteiger partial charge in [-0.2, -0.15) is 8.78 Å². The number of hydrogen-bond acceptors (Lipinski definition) is 3. The lowest BCUT2D eigenvalue weighted by atomic mass is 10.1. The van der Waals surface area contributed by atoms with Crippen molar-refractivity contribution in [1.82, 2.24) is 10.2 Å². The summed E-state index contributed by atoms with van der Waals surface area (Å²) in [6.45, 7) is 0.748. The van der Waals surface area contributed by atoms with Gasteiger partial charge in [-0.15, -0.1) is 0 Å². The molecular weight excluding hydrogens is 338 g/mol. The second-order valence-electron chi connectivity index (χ2n) is 6.39. The molecule has 2 aromatic rings. The minimum Gasteiger partial charge on any atom is -0.435 e. The van der Waals surface area contributed by atoms with Gasteiger partial charge in [-0.3, -0.25) is 9.69 Å². The quantitative estimate of drug-likeness (QED) is 0.816. The van der Waals surface area contributed by atoms with Gasteiger partial charge >= 0.3 is 6.61 Å². The molecule has 0 atom stereocenters. The number of alkyl halides is 2. The lowest BCUT2D eigenvalue weighted by Gasteiger charge is -2.14. The van der Waals surface area contributed by atoms with Gasteiger partial charge in [0.15, 0.2) is 0 Å². The molecule has 2 aromatic carbocycles. The Labute approximate surface area is 151 Å².